The minimum atomic E-state index is -0.908. The number of phenolic OH excluding ortho intramolecular Hbond substituents is 1. The van der Waals surface area contributed by atoms with Crippen LogP contribution < -0.4 is 0 Å². The minimum absolute atomic E-state index is 0.333. The van der Waals surface area contributed by atoms with Crippen LogP contribution >= 0.6 is 7.26 Å². The number of benzene rings is 3. The summed E-state index contributed by atoms with van der Waals surface area (Å²) in [4.78, 5) is 0. The van der Waals surface area contributed by atoms with Crippen molar-refractivity contribution in [3.63, 3.8) is 0 Å². The van der Waals surface area contributed by atoms with Gasteiger partial charge in [-0.25, -0.2) is 0 Å². The average molecular weight is 535 g/mol. The van der Waals surface area contributed by atoms with Crippen LogP contribution in [0.3, 0.4) is 0 Å². The number of hydrogen-bond donors (Lipinski definition) is 1. The van der Waals surface area contributed by atoms with E-state index < -0.39 is 7.26 Å². The summed E-state index contributed by atoms with van der Waals surface area (Å²) in [6.45, 7) is 9.44. The zero-order valence-corrected chi connectivity index (χ0v) is 25.9. The Bertz CT molecular complexity index is 903. The third-order valence-corrected chi connectivity index (χ3v) is 13.6. The topological polar surface area (TPSA) is 20.2 Å². The fourth-order valence-electron chi connectivity index (χ4n) is 5.58. The van der Waals surface area contributed by atoms with Gasteiger partial charge in [-0.05, 0) is 11.1 Å². The fourth-order valence-corrected chi connectivity index (χ4v) is 11.4. The van der Waals surface area contributed by atoms with Crippen molar-refractivity contribution in [1.29, 1.82) is 0 Å². The molecule has 0 aliphatic carbocycles. The molecule has 38 heavy (non-hydrogen) atoms. The molecular weight excluding hydrogens is 479 g/mol. The van der Waals surface area contributed by atoms with Crippen LogP contribution in [-0.2, 0) is 0 Å². The van der Waals surface area contributed by atoms with Gasteiger partial charge in [-0.1, -0.05) is 78.9 Å². The van der Waals surface area contributed by atoms with Crippen LogP contribution in [0.5, 0.6) is 5.75 Å². The van der Waals surface area contributed by atoms with E-state index in [-0.39, 0.29) is 0 Å². The van der Waals surface area contributed by atoms with Gasteiger partial charge >= 0.3 is 124 Å². The summed E-state index contributed by atoms with van der Waals surface area (Å²) in [5.41, 5.74) is 3.78. The van der Waals surface area contributed by atoms with E-state index in [0.717, 1.165) is 22.3 Å². The first-order chi connectivity index (χ1) is 18.6. The maximum atomic E-state index is 10.5. The van der Waals surface area contributed by atoms with E-state index in [1.165, 1.54) is 64.2 Å². The van der Waals surface area contributed by atoms with Gasteiger partial charge in [0.25, 0.3) is 0 Å². The molecule has 3 aromatic rings. The third-order valence-electron chi connectivity index (χ3n) is 7.95. The molecule has 0 spiro atoms. The quantitative estimate of drug-likeness (QED) is 0.143. The Morgan fingerprint density at radius 1 is 0.447 bits per heavy atom. The van der Waals surface area contributed by atoms with Crippen LogP contribution in [0, 0.1) is 0 Å². The minimum Gasteiger partial charge on any atom is -0.507 e. The molecule has 0 aliphatic rings. The number of aromatic hydroxyl groups is 1. The van der Waals surface area contributed by atoms with Crippen LogP contribution in [0.1, 0.15) is 91.9 Å². The van der Waals surface area contributed by atoms with E-state index >= 15 is 0 Å². The Morgan fingerprint density at radius 3 is 1.24 bits per heavy atom. The molecule has 1 nitrogen and oxygen atoms in total. The molecule has 0 aromatic heterocycles. The Labute approximate surface area is 235 Å². The molecule has 210 valence electrons. The Hall–Kier alpha value is -2.11. The van der Waals surface area contributed by atoms with Gasteiger partial charge in [0.15, 0.2) is 0 Å². The van der Waals surface area contributed by atoms with Crippen molar-refractivity contribution in [2.75, 3.05) is 24.6 Å². The zero-order chi connectivity index (χ0) is 27.5. The van der Waals surface area contributed by atoms with Crippen molar-refractivity contribution >= 4 is 7.26 Å². The van der Waals surface area contributed by atoms with Crippen molar-refractivity contribution in [3.05, 3.63) is 78.9 Å². The molecule has 0 aliphatic heterocycles. The third kappa shape index (κ3) is 10.9. The van der Waals surface area contributed by atoms with Crippen LogP contribution in [0.15, 0.2) is 78.9 Å². The Kier molecular flexibility index (Phi) is 16.1. The van der Waals surface area contributed by atoms with Gasteiger partial charge in [0, 0.05) is 11.1 Å². The first-order valence-corrected chi connectivity index (χ1v) is 18.4. The molecule has 0 heterocycles. The molecule has 3 rings (SSSR count). The molecule has 3 aromatic carbocycles. The second kappa shape index (κ2) is 19.0. The van der Waals surface area contributed by atoms with Crippen molar-refractivity contribution in [2.24, 2.45) is 0 Å². The first kappa shape index (κ1) is 32.1. The van der Waals surface area contributed by atoms with Crippen molar-refractivity contribution in [2.45, 2.75) is 91.9 Å². The van der Waals surface area contributed by atoms with Gasteiger partial charge in [-0.15, -0.1) is 0 Å². The van der Waals surface area contributed by atoms with Crippen molar-refractivity contribution < 1.29 is 5.11 Å². The number of para-hydroxylation sites is 1. The van der Waals surface area contributed by atoms with Crippen LogP contribution in [0.2, 0.25) is 0 Å². The van der Waals surface area contributed by atoms with Gasteiger partial charge in [-0.3, -0.25) is 0 Å². The first-order valence-electron chi connectivity index (χ1n) is 15.5. The summed E-state index contributed by atoms with van der Waals surface area (Å²) in [5, 5.41) is 10.5. The van der Waals surface area contributed by atoms with Crippen LogP contribution in [0.25, 0.3) is 22.3 Å². The predicted octanol–water partition coefficient (Wildman–Crippen LogP) is 11.4. The molecule has 0 saturated heterocycles. The largest absolute Gasteiger partial charge is 0.507 e. The maximum Gasteiger partial charge on any atom is 0.131 e. The van der Waals surface area contributed by atoms with E-state index in [0.29, 0.717) is 5.75 Å². The molecule has 2 heteroatoms. The zero-order valence-electron chi connectivity index (χ0n) is 24.9. The molecule has 0 unspecified atom stereocenters. The normalized spacial score (nSPS) is 11.6. The van der Waals surface area contributed by atoms with Gasteiger partial charge < -0.3 is 5.11 Å². The number of phenols is 1. The van der Waals surface area contributed by atoms with Gasteiger partial charge in [0.2, 0.25) is 0 Å². The Balaban J connectivity index is 0.000000267. The molecule has 0 amide bonds. The maximum absolute atomic E-state index is 10.5. The molecule has 1 N–H and O–H groups in total. The molecule has 0 saturated carbocycles. The number of hydrogen-bond acceptors (Lipinski definition) is 1. The van der Waals surface area contributed by atoms with Gasteiger partial charge in [0.1, 0.15) is 5.75 Å². The number of rotatable bonds is 16. The summed E-state index contributed by atoms with van der Waals surface area (Å²) in [7, 11) is -0.908. The smallest absolute Gasteiger partial charge is 0.131 e. The summed E-state index contributed by atoms with van der Waals surface area (Å²) in [6, 6.07) is 25.7. The predicted molar refractivity (Wildman–Crippen MR) is 176 cm³/mol. The van der Waals surface area contributed by atoms with E-state index in [2.05, 4.69) is 27.7 Å². The average Bonchev–Trinajstić information content (AvgIpc) is 2.97. The standard InChI is InChI=1S/C18H14O.C18H41P/c19-18-16(14-8-3-1-4-9-14)12-7-13-17(18)15-10-5-2-6-11-15;1-5-9-13-14-18-19(15-10-6-2,16-11-7-3)17-12-8-4/h1-13,19H;19H,5-18H2,1-4H3. The monoisotopic (exact) mass is 534 g/mol. The second-order valence-corrected chi connectivity index (χ2v) is 16.1. The van der Waals surface area contributed by atoms with Crippen LogP contribution in [0.4, 0.5) is 0 Å². The molecule has 0 atom stereocenters. The Morgan fingerprint density at radius 2 is 0.842 bits per heavy atom. The van der Waals surface area contributed by atoms with Gasteiger partial charge in [0.05, 0.1) is 0 Å². The van der Waals surface area contributed by atoms with Crippen molar-refractivity contribution in [1.82, 2.24) is 0 Å². The summed E-state index contributed by atoms with van der Waals surface area (Å²) in [6.07, 6.45) is 21.2. The molecule has 0 bridgehead atoms. The number of unbranched alkanes of at least 4 members (excludes halogenated alkanes) is 6. The van der Waals surface area contributed by atoms with E-state index in [1.807, 2.05) is 78.9 Å². The molecule has 0 fully saturated rings. The summed E-state index contributed by atoms with van der Waals surface area (Å²) < 4.78 is 0. The fraction of sp³-hybridized carbons (Fsp3) is 0.500. The summed E-state index contributed by atoms with van der Waals surface area (Å²) >= 11 is 0. The van der Waals surface area contributed by atoms with E-state index in [9.17, 15) is 5.11 Å². The molecule has 0 radical (unpaired) electrons. The van der Waals surface area contributed by atoms with E-state index in [1.54, 1.807) is 24.6 Å². The SMILES string of the molecule is CCCCCC[PH](CCCC)(CCCC)CCCC.Oc1c(-c2ccccc2)cccc1-c1ccccc1. The second-order valence-electron chi connectivity index (χ2n) is 11.1. The van der Waals surface area contributed by atoms with Crippen LogP contribution in [-0.4, -0.2) is 29.8 Å². The summed E-state index contributed by atoms with van der Waals surface area (Å²) in [5.74, 6) is 0.333. The van der Waals surface area contributed by atoms with Gasteiger partial charge in [-0.2, -0.15) is 0 Å². The molecular formula is C36H55OP. The van der Waals surface area contributed by atoms with Crippen molar-refractivity contribution in [3.8, 4) is 28.0 Å². The van der Waals surface area contributed by atoms with E-state index in [4.69, 9.17) is 0 Å².